The number of aliphatic carboxylic acids is 4. The van der Waals surface area contributed by atoms with Crippen LogP contribution in [0.3, 0.4) is 0 Å². The maximum atomic E-state index is 13.2. The topological polar surface area (TPSA) is 271 Å². The molecule has 378 valence electrons. The van der Waals surface area contributed by atoms with Gasteiger partial charge in [-0.15, -0.1) is 0 Å². The molecular formula is C51H68N2O16. The van der Waals surface area contributed by atoms with Gasteiger partial charge in [-0.25, -0.2) is 14.6 Å². The van der Waals surface area contributed by atoms with E-state index in [9.17, 15) is 28.8 Å². The number of fused-ring (bicyclic) bond motifs is 3. The molecule has 0 spiro atoms. The number of ether oxygens (including phenoxy) is 5. The molecule has 5 unspecified atom stereocenters. The largest absolute Gasteiger partial charge is 0.496 e. The zero-order chi connectivity index (χ0) is 51.8. The van der Waals surface area contributed by atoms with Gasteiger partial charge < -0.3 is 48.5 Å². The average Bonchev–Trinajstić information content (AvgIpc) is 3.87. The zero-order valence-electron chi connectivity index (χ0n) is 40.4. The molecule has 0 amide bonds. The molecule has 3 heterocycles. The molecule has 18 nitrogen and oxygen atoms in total. The summed E-state index contributed by atoms with van der Waals surface area (Å²) in [7, 11) is 1.57. The number of methoxy groups -OCH3 is 1. The molecule has 18 heteroatoms. The van der Waals surface area contributed by atoms with Gasteiger partial charge in [-0.05, 0) is 33.4 Å². The number of carboxylic acid groups (broad SMARTS) is 4. The Morgan fingerprint density at radius 2 is 1.25 bits per heavy atom. The number of allylic oxidation sites excluding steroid dienone is 10. The normalized spacial score (nSPS) is 24.2. The van der Waals surface area contributed by atoms with Crippen LogP contribution in [0.4, 0.5) is 0 Å². The fourth-order valence-corrected chi connectivity index (χ4v) is 5.69. The summed E-state index contributed by atoms with van der Waals surface area (Å²) in [6.07, 6.45) is 32.8. The highest BCUT2D eigenvalue weighted by atomic mass is 16.6. The van der Waals surface area contributed by atoms with E-state index >= 15 is 0 Å². The smallest absolute Gasteiger partial charge is 0.360 e. The van der Waals surface area contributed by atoms with E-state index in [1.807, 2.05) is 86.8 Å². The molecule has 1 aromatic heterocycles. The van der Waals surface area contributed by atoms with Crippen LogP contribution in [-0.4, -0.2) is 112 Å². The van der Waals surface area contributed by atoms with E-state index in [1.165, 1.54) is 12.5 Å². The summed E-state index contributed by atoms with van der Waals surface area (Å²) < 4.78 is 34.5. The van der Waals surface area contributed by atoms with E-state index in [4.69, 9.17) is 48.5 Å². The van der Waals surface area contributed by atoms with Crippen LogP contribution in [0.2, 0.25) is 0 Å². The number of esters is 2. The lowest BCUT2D eigenvalue weighted by molar-refractivity contribution is -0.150. The highest BCUT2D eigenvalue weighted by Gasteiger charge is 2.36. The predicted octanol–water partition coefficient (Wildman–Crippen LogP) is 8.90. The van der Waals surface area contributed by atoms with E-state index in [1.54, 1.807) is 19.3 Å². The SMILES string of the molecule is C=N/C1=C\OCC(OC)/C=C/C=C\C=C/CC(C(C)(C)C/C=C/C)OC(=O)c2coc(n2)/C=C\C=C\C2OC2/C=C\CC(C(C)(C)C/C=C/C)OC1=O.O=C(O)CCC(=O)O.O=C(O)CCC(=O)O. The molecule has 2 aliphatic heterocycles. The number of oxazole rings is 1. The molecule has 1 fully saturated rings. The monoisotopic (exact) mass is 964 g/mol. The lowest BCUT2D eigenvalue weighted by atomic mass is 9.81. The molecule has 5 atom stereocenters. The van der Waals surface area contributed by atoms with Crippen LogP contribution in [0.15, 0.2) is 119 Å². The number of nitrogens with zero attached hydrogens (tertiary/aromatic N) is 2. The number of aliphatic imine (C=N–C) groups is 1. The van der Waals surface area contributed by atoms with Crippen molar-refractivity contribution < 1.29 is 77.3 Å². The second kappa shape index (κ2) is 32.7. The first-order valence-corrected chi connectivity index (χ1v) is 22.1. The van der Waals surface area contributed by atoms with Gasteiger partial charge in [0.1, 0.15) is 49.7 Å². The third-order valence-electron chi connectivity index (χ3n) is 10.0. The number of carbonyl (C=O) groups is 6. The van der Waals surface area contributed by atoms with Crippen LogP contribution < -0.4 is 0 Å². The maximum Gasteiger partial charge on any atom is 0.360 e. The summed E-state index contributed by atoms with van der Waals surface area (Å²) in [6, 6.07) is 0. The van der Waals surface area contributed by atoms with Crippen LogP contribution >= 0.6 is 0 Å². The van der Waals surface area contributed by atoms with Crippen LogP contribution in [0.5, 0.6) is 0 Å². The quantitative estimate of drug-likeness (QED) is 0.0586. The van der Waals surface area contributed by atoms with Crippen LogP contribution in [0.1, 0.15) is 109 Å². The molecule has 1 saturated heterocycles. The lowest BCUT2D eigenvalue weighted by Crippen LogP contribution is -2.34. The molecule has 69 heavy (non-hydrogen) atoms. The standard InChI is InChI=1S/C43H56N2O8.2C4H6O4/c1-9-11-27-42(3,4)37-24-17-15-13-14-16-21-32(48-8)29-49-30-33(44-7)40(46)52-38(43(5,6)28-12-10-2)25-20-23-36-35(51-36)22-18-19-26-39-45-34(31-50-39)41(47)53-37;2*5-3(6)1-2-4(7)8/h9-23,26,30-32,35-38H,7,24-25,27-29H2,1-6,8H3;2*1-2H2,(H,5,6)(H,7,8)/b11-9+,12-10+,14-13-,17-15-,21-16+,22-18+,23-20-,26-19-,33-30-;;. The lowest BCUT2D eigenvalue weighted by Gasteiger charge is -2.32. The number of hydrogen-bond donors (Lipinski definition) is 4. The first-order valence-electron chi connectivity index (χ1n) is 22.1. The van der Waals surface area contributed by atoms with E-state index in [-0.39, 0.29) is 72.6 Å². The second-order valence-electron chi connectivity index (χ2n) is 16.6. The highest BCUT2D eigenvalue weighted by Crippen LogP contribution is 2.33. The Hall–Kier alpha value is -6.92. The molecule has 0 aliphatic carbocycles. The Morgan fingerprint density at radius 3 is 1.77 bits per heavy atom. The van der Waals surface area contributed by atoms with E-state index in [0.29, 0.717) is 19.3 Å². The van der Waals surface area contributed by atoms with Gasteiger partial charge in [-0.3, -0.25) is 24.2 Å². The minimum atomic E-state index is -1.08. The van der Waals surface area contributed by atoms with Crippen LogP contribution in [0.25, 0.3) is 6.08 Å². The Labute approximate surface area is 403 Å². The van der Waals surface area contributed by atoms with Crippen molar-refractivity contribution >= 4 is 48.6 Å². The average molecular weight is 965 g/mol. The number of carboxylic acids is 4. The summed E-state index contributed by atoms with van der Waals surface area (Å²) in [5.41, 5.74) is -0.645. The Kier molecular flexibility index (Phi) is 28.5. The number of epoxide rings is 1. The molecular weight excluding hydrogens is 897 g/mol. The van der Waals surface area contributed by atoms with Crippen molar-refractivity contribution in [1.29, 1.82) is 0 Å². The maximum absolute atomic E-state index is 13.2. The van der Waals surface area contributed by atoms with E-state index in [2.05, 4.69) is 56.5 Å². The molecule has 4 N–H and O–H groups in total. The molecule has 2 bridgehead atoms. The Bertz CT molecular complexity index is 2040. The summed E-state index contributed by atoms with van der Waals surface area (Å²) in [6.45, 7) is 15.9. The third kappa shape index (κ3) is 26.9. The van der Waals surface area contributed by atoms with Gasteiger partial charge in [0.15, 0.2) is 11.4 Å². The number of carbonyl (C=O) groups excluding carboxylic acids is 2. The first-order chi connectivity index (χ1) is 32.7. The zero-order valence-corrected chi connectivity index (χ0v) is 40.4. The first kappa shape index (κ1) is 60.1. The third-order valence-corrected chi connectivity index (χ3v) is 10.0. The van der Waals surface area contributed by atoms with Crippen molar-refractivity contribution in [3.05, 3.63) is 121 Å². The molecule has 1 aromatic rings. The van der Waals surface area contributed by atoms with Gasteiger partial charge in [0.2, 0.25) is 5.89 Å². The van der Waals surface area contributed by atoms with Crippen molar-refractivity contribution in [2.75, 3.05) is 13.7 Å². The number of rotatable bonds is 14. The fourth-order valence-electron chi connectivity index (χ4n) is 5.69. The van der Waals surface area contributed by atoms with Crippen molar-refractivity contribution in [3.63, 3.8) is 0 Å². The van der Waals surface area contributed by atoms with E-state index in [0.717, 1.165) is 6.42 Å². The van der Waals surface area contributed by atoms with Gasteiger partial charge in [0.05, 0.1) is 25.7 Å². The Balaban J connectivity index is 0.00000127. The summed E-state index contributed by atoms with van der Waals surface area (Å²) in [5, 5.41) is 31.6. The summed E-state index contributed by atoms with van der Waals surface area (Å²) in [5.74, 6) is -5.19. The Morgan fingerprint density at radius 1 is 0.739 bits per heavy atom. The number of aromatic nitrogens is 1. The van der Waals surface area contributed by atoms with Crippen molar-refractivity contribution in [1.82, 2.24) is 4.98 Å². The highest BCUT2D eigenvalue weighted by molar-refractivity contribution is 5.89. The van der Waals surface area contributed by atoms with Gasteiger partial charge in [0.25, 0.3) is 0 Å². The fraction of sp³-hybridized carbons (Fsp3) is 0.451. The minimum Gasteiger partial charge on any atom is -0.496 e. The summed E-state index contributed by atoms with van der Waals surface area (Å²) in [4.78, 5) is 73.2. The van der Waals surface area contributed by atoms with Crippen LogP contribution in [0, 0.1) is 10.8 Å². The van der Waals surface area contributed by atoms with Gasteiger partial charge in [-0.2, -0.15) is 0 Å². The van der Waals surface area contributed by atoms with Gasteiger partial charge >= 0.3 is 35.8 Å². The molecule has 0 radical (unpaired) electrons. The van der Waals surface area contributed by atoms with Gasteiger partial charge in [0, 0.05) is 36.9 Å². The summed E-state index contributed by atoms with van der Waals surface area (Å²) >= 11 is 0. The van der Waals surface area contributed by atoms with Crippen molar-refractivity contribution in [3.8, 4) is 0 Å². The molecule has 0 saturated carbocycles. The van der Waals surface area contributed by atoms with Crippen molar-refractivity contribution in [2.24, 2.45) is 15.8 Å². The number of hydrogen-bond acceptors (Lipinski definition) is 14. The molecule has 3 rings (SSSR count). The molecule has 0 aromatic carbocycles. The number of cyclic esters (lactones) is 2. The van der Waals surface area contributed by atoms with Crippen molar-refractivity contribution in [2.45, 2.75) is 123 Å². The predicted molar refractivity (Wildman–Crippen MR) is 258 cm³/mol. The van der Waals surface area contributed by atoms with Crippen LogP contribution in [-0.2, 0) is 47.7 Å². The minimum absolute atomic E-state index is 0.0352. The second-order valence-corrected chi connectivity index (χ2v) is 16.6. The van der Waals surface area contributed by atoms with Gasteiger partial charge in [-0.1, -0.05) is 119 Å². The van der Waals surface area contributed by atoms with E-state index < -0.39 is 54.1 Å². The molecule has 2 aliphatic rings.